The summed E-state index contributed by atoms with van der Waals surface area (Å²) in [6.07, 6.45) is 3.66. The van der Waals surface area contributed by atoms with Gasteiger partial charge < -0.3 is 9.84 Å². The molecule has 4 nitrogen and oxygen atoms in total. The molecule has 4 heteroatoms. The van der Waals surface area contributed by atoms with Crippen LogP contribution in [-0.4, -0.2) is 22.2 Å². The maximum Gasteiger partial charge on any atom is 0.231 e. The van der Waals surface area contributed by atoms with Crippen LogP contribution in [0.5, 0.6) is 0 Å². The van der Waals surface area contributed by atoms with Crippen LogP contribution < -0.4 is 5.32 Å². The van der Waals surface area contributed by atoms with E-state index in [0.717, 1.165) is 23.7 Å². The van der Waals surface area contributed by atoms with Crippen molar-refractivity contribution in [1.82, 2.24) is 15.5 Å². The Morgan fingerprint density at radius 3 is 2.89 bits per heavy atom. The first-order valence-electron chi connectivity index (χ1n) is 6.97. The van der Waals surface area contributed by atoms with Crippen molar-refractivity contribution in [3.63, 3.8) is 0 Å². The van der Waals surface area contributed by atoms with E-state index in [2.05, 4.69) is 28.4 Å². The zero-order valence-electron chi connectivity index (χ0n) is 11.0. The third-order valence-electron chi connectivity index (χ3n) is 4.44. The molecular formula is C15H17N3O. The number of hydrogen-bond donors (Lipinski definition) is 1. The number of nitrogens with zero attached hydrogens (tertiary/aromatic N) is 2. The summed E-state index contributed by atoms with van der Waals surface area (Å²) in [6.45, 7) is 2.07. The Balaban J connectivity index is 1.65. The van der Waals surface area contributed by atoms with E-state index < -0.39 is 0 Å². The van der Waals surface area contributed by atoms with E-state index in [1.165, 1.54) is 18.4 Å². The van der Waals surface area contributed by atoms with Crippen molar-refractivity contribution >= 4 is 0 Å². The van der Waals surface area contributed by atoms with Gasteiger partial charge in [0.25, 0.3) is 0 Å². The minimum absolute atomic E-state index is 0.406. The molecule has 0 radical (unpaired) electrons. The van der Waals surface area contributed by atoms with Gasteiger partial charge in [0.1, 0.15) is 0 Å². The molecule has 2 aliphatic rings. The van der Waals surface area contributed by atoms with E-state index >= 15 is 0 Å². The van der Waals surface area contributed by atoms with Crippen molar-refractivity contribution in [1.29, 1.82) is 0 Å². The molecule has 98 valence electrons. The van der Waals surface area contributed by atoms with Crippen molar-refractivity contribution in [3.8, 4) is 11.4 Å². The second kappa shape index (κ2) is 4.17. The Labute approximate surface area is 112 Å². The molecule has 2 fully saturated rings. The molecule has 1 aromatic heterocycles. The average Bonchev–Trinajstić information content (AvgIpc) is 3.15. The third kappa shape index (κ3) is 1.78. The SMILES string of the molecule is Cc1ccccc1-c1noc(C2CC3CCC2N3)n1. The number of hydrogen-bond acceptors (Lipinski definition) is 4. The summed E-state index contributed by atoms with van der Waals surface area (Å²) in [5.74, 6) is 1.93. The van der Waals surface area contributed by atoms with Crippen LogP contribution in [0.2, 0.25) is 0 Å². The molecule has 0 amide bonds. The highest BCUT2D eigenvalue weighted by Crippen LogP contribution is 2.39. The van der Waals surface area contributed by atoms with E-state index in [1.54, 1.807) is 0 Å². The van der Waals surface area contributed by atoms with Crippen molar-refractivity contribution in [2.24, 2.45) is 0 Å². The second-order valence-corrected chi connectivity index (χ2v) is 5.66. The summed E-state index contributed by atoms with van der Waals surface area (Å²) in [5, 5.41) is 7.77. The Hall–Kier alpha value is -1.68. The maximum atomic E-state index is 5.51. The van der Waals surface area contributed by atoms with Gasteiger partial charge in [-0.1, -0.05) is 29.4 Å². The number of rotatable bonds is 2. The van der Waals surface area contributed by atoms with Crippen LogP contribution in [-0.2, 0) is 0 Å². The zero-order chi connectivity index (χ0) is 12.8. The predicted octanol–water partition coefficient (Wildman–Crippen LogP) is 2.65. The molecule has 3 unspecified atom stereocenters. The maximum absolute atomic E-state index is 5.51. The smallest absolute Gasteiger partial charge is 0.231 e. The highest BCUT2D eigenvalue weighted by Gasteiger charge is 2.42. The Kier molecular flexibility index (Phi) is 2.45. The fraction of sp³-hybridized carbons (Fsp3) is 0.467. The molecule has 3 atom stereocenters. The first kappa shape index (κ1) is 11.2. The van der Waals surface area contributed by atoms with Crippen molar-refractivity contribution in [3.05, 3.63) is 35.7 Å². The van der Waals surface area contributed by atoms with E-state index in [0.29, 0.717) is 18.0 Å². The van der Waals surface area contributed by atoms with Gasteiger partial charge in [0, 0.05) is 17.6 Å². The van der Waals surface area contributed by atoms with Gasteiger partial charge in [0.2, 0.25) is 11.7 Å². The summed E-state index contributed by atoms with van der Waals surface area (Å²) in [4.78, 5) is 4.62. The minimum Gasteiger partial charge on any atom is -0.339 e. The first-order valence-corrected chi connectivity index (χ1v) is 6.97. The molecule has 2 saturated heterocycles. The average molecular weight is 255 g/mol. The number of fused-ring (bicyclic) bond motifs is 2. The molecule has 0 aliphatic carbocycles. The number of aromatic nitrogens is 2. The molecule has 2 aromatic rings. The van der Waals surface area contributed by atoms with Crippen LogP contribution in [0.25, 0.3) is 11.4 Å². The normalized spacial score (nSPS) is 29.0. The number of nitrogens with one attached hydrogen (secondary N) is 1. The van der Waals surface area contributed by atoms with E-state index in [4.69, 9.17) is 4.52 Å². The second-order valence-electron chi connectivity index (χ2n) is 5.66. The Morgan fingerprint density at radius 1 is 1.26 bits per heavy atom. The van der Waals surface area contributed by atoms with Crippen molar-refractivity contribution < 1.29 is 4.52 Å². The summed E-state index contributed by atoms with van der Waals surface area (Å²) in [7, 11) is 0. The zero-order valence-corrected chi connectivity index (χ0v) is 11.0. The molecule has 2 bridgehead atoms. The van der Waals surface area contributed by atoms with Crippen LogP contribution in [0.1, 0.15) is 36.6 Å². The van der Waals surface area contributed by atoms with Gasteiger partial charge in [-0.15, -0.1) is 0 Å². The Morgan fingerprint density at radius 2 is 2.16 bits per heavy atom. The number of benzene rings is 1. The summed E-state index contributed by atoms with van der Waals surface area (Å²) in [6, 6.07) is 9.35. The topological polar surface area (TPSA) is 51.0 Å². The van der Waals surface area contributed by atoms with E-state index in [1.807, 2.05) is 18.2 Å². The fourth-order valence-electron chi connectivity index (χ4n) is 3.42. The molecule has 4 rings (SSSR count). The summed E-state index contributed by atoms with van der Waals surface area (Å²) in [5.41, 5.74) is 2.24. The highest BCUT2D eigenvalue weighted by atomic mass is 16.5. The quantitative estimate of drug-likeness (QED) is 0.896. The third-order valence-corrected chi connectivity index (χ3v) is 4.44. The highest BCUT2D eigenvalue weighted by molar-refractivity contribution is 5.59. The van der Waals surface area contributed by atoms with Gasteiger partial charge in [-0.2, -0.15) is 4.98 Å². The van der Waals surface area contributed by atoms with Crippen molar-refractivity contribution in [2.75, 3.05) is 0 Å². The standard InChI is InChI=1S/C15H17N3O/c1-9-4-2-3-5-11(9)14-17-15(19-18-14)12-8-10-6-7-13(12)16-10/h2-5,10,12-13,16H,6-8H2,1H3. The van der Waals surface area contributed by atoms with Gasteiger partial charge in [-0.05, 0) is 31.7 Å². The van der Waals surface area contributed by atoms with Gasteiger partial charge >= 0.3 is 0 Å². The largest absolute Gasteiger partial charge is 0.339 e. The van der Waals surface area contributed by atoms with Crippen molar-refractivity contribution in [2.45, 2.75) is 44.2 Å². The lowest BCUT2D eigenvalue weighted by Gasteiger charge is -2.15. The van der Waals surface area contributed by atoms with Crippen LogP contribution in [0, 0.1) is 6.92 Å². The van der Waals surface area contributed by atoms with E-state index in [9.17, 15) is 0 Å². The van der Waals surface area contributed by atoms with Crippen LogP contribution in [0.15, 0.2) is 28.8 Å². The summed E-state index contributed by atoms with van der Waals surface area (Å²) < 4.78 is 5.51. The molecular weight excluding hydrogens is 238 g/mol. The van der Waals surface area contributed by atoms with Gasteiger partial charge in [0.05, 0.1) is 5.92 Å². The van der Waals surface area contributed by atoms with Crippen LogP contribution in [0.4, 0.5) is 0 Å². The molecule has 0 spiro atoms. The molecule has 1 aromatic carbocycles. The lowest BCUT2D eigenvalue weighted by molar-refractivity contribution is 0.329. The van der Waals surface area contributed by atoms with Gasteiger partial charge in [-0.25, -0.2) is 0 Å². The molecule has 3 heterocycles. The Bertz CT molecular complexity index is 607. The monoisotopic (exact) mass is 255 g/mol. The molecule has 0 saturated carbocycles. The lowest BCUT2D eigenvalue weighted by atomic mass is 9.89. The molecule has 1 N–H and O–H groups in total. The predicted molar refractivity (Wildman–Crippen MR) is 71.8 cm³/mol. The van der Waals surface area contributed by atoms with Crippen LogP contribution >= 0.6 is 0 Å². The van der Waals surface area contributed by atoms with E-state index in [-0.39, 0.29) is 0 Å². The molecule has 19 heavy (non-hydrogen) atoms. The lowest BCUT2D eigenvalue weighted by Crippen LogP contribution is -2.21. The fourth-order valence-corrected chi connectivity index (χ4v) is 3.42. The number of aryl methyl sites for hydroxylation is 1. The van der Waals surface area contributed by atoms with Gasteiger partial charge in [-0.3, -0.25) is 0 Å². The minimum atomic E-state index is 0.406. The summed E-state index contributed by atoms with van der Waals surface area (Å²) >= 11 is 0. The van der Waals surface area contributed by atoms with Gasteiger partial charge in [0.15, 0.2) is 0 Å². The van der Waals surface area contributed by atoms with Crippen LogP contribution in [0.3, 0.4) is 0 Å². The first-order chi connectivity index (χ1) is 9.31. The molecule has 2 aliphatic heterocycles.